The zero-order chi connectivity index (χ0) is 13.1. The van der Waals surface area contributed by atoms with Crippen LogP contribution in [0, 0.1) is 0 Å². The number of rotatable bonds is 2. The van der Waals surface area contributed by atoms with Crippen LogP contribution in [0.5, 0.6) is 0 Å². The lowest BCUT2D eigenvalue weighted by molar-refractivity contribution is -0.111. The Morgan fingerprint density at radius 2 is 1.74 bits per heavy atom. The first kappa shape index (κ1) is 11.5. The van der Waals surface area contributed by atoms with Gasteiger partial charge in [-0.15, -0.1) is 0 Å². The number of ether oxygens (including phenoxy) is 2. The van der Waals surface area contributed by atoms with Gasteiger partial charge in [-0.2, -0.15) is 0 Å². The summed E-state index contributed by atoms with van der Waals surface area (Å²) in [5, 5.41) is 0. The van der Waals surface area contributed by atoms with E-state index >= 15 is 0 Å². The van der Waals surface area contributed by atoms with E-state index in [9.17, 15) is 4.79 Å². The van der Waals surface area contributed by atoms with E-state index in [1.54, 1.807) is 12.2 Å². The summed E-state index contributed by atoms with van der Waals surface area (Å²) in [4.78, 5) is 11.8. The van der Waals surface area contributed by atoms with Gasteiger partial charge in [0.2, 0.25) is 6.79 Å². The highest BCUT2D eigenvalue weighted by Crippen LogP contribution is 2.27. The maximum atomic E-state index is 11.8. The number of carbonyl (C=O) groups is 1. The maximum Gasteiger partial charge on any atom is 0.231 e. The van der Waals surface area contributed by atoms with Crippen LogP contribution in [-0.2, 0) is 14.3 Å². The molecule has 1 aromatic rings. The molecule has 0 aromatic heterocycles. The molecule has 1 aliphatic heterocycles. The third-order valence-corrected chi connectivity index (χ3v) is 2.87. The molecule has 1 heterocycles. The zero-order valence-corrected chi connectivity index (χ0v) is 10.2. The molecule has 94 valence electrons. The van der Waals surface area contributed by atoms with Gasteiger partial charge in [0.15, 0.2) is 17.3 Å². The summed E-state index contributed by atoms with van der Waals surface area (Å²) in [7, 11) is 0. The molecular formula is C16H12O3. The Hall–Kier alpha value is -2.55. The second-order valence-corrected chi connectivity index (χ2v) is 4.18. The smallest absolute Gasteiger partial charge is 0.231 e. The van der Waals surface area contributed by atoms with Crippen LogP contribution in [0.3, 0.4) is 0 Å². The highest BCUT2D eigenvalue weighted by atomic mass is 16.7. The average molecular weight is 252 g/mol. The first-order valence-corrected chi connectivity index (χ1v) is 6.00. The zero-order valence-electron chi connectivity index (χ0n) is 10.2. The van der Waals surface area contributed by atoms with Gasteiger partial charge in [0.1, 0.15) is 0 Å². The van der Waals surface area contributed by atoms with Crippen molar-refractivity contribution in [3.63, 3.8) is 0 Å². The van der Waals surface area contributed by atoms with Crippen molar-refractivity contribution in [3.8, 4) is 0 Å². The number of ketones is 1. The van der Waals surface area contributed by atoms with Crippen molar-refractivity contribution in [2.45, 2.75) is 0 Å². The first-order valence-electron chi connectivity index (χ1n) is 6.00. The summed E-state index contributed by atoms with van der Waals surface area (Å²) in [6.45, 7) is 0.179. The molecule has 0 atom stereocenters. The van der Waals surface area contributed by atoms with Gasteiger partial charge in [0.25, 0.3) is 0 Å². The van der Waals surface area contributed by atoms with Crippen molar-refractivity contribution in [1.82, 2.24) is 0 Å². The Morgan fingerprint density at radius 1 is 1.00 bits per heavy atom. The highest BCUT2D eigenvalue weighted by molar-refractivity contribution is 6.08. The van der Waals surface area contributed by atoms with E-state index in [4.69, 9.17) is 9.47 Å². The van der Waals surface area contributed by atoms with Crippen LogP contribution >= 0.6 is 0 Å². The van der Waals surface area contributed by atoms with E-state index in [1.165, 1.54) is 6.08 Å². The van der Waals surface area contributed by atoms with Crippen LogP contribution in [0.1, 0.15) is 5.56 Å². The van der Waals surface area contributed by atoms with Gasteiger partial charge in [-0.3, -0.25) is 4.79 Å². The Labute approximate surface area is 111 Å². The summed E-state index contributed by atoms with van der Waals surface area (Å²) in [5.41, 5.74) is 1.68. The van der Waals surface area contributed by atoms with Crippen LogP contribution in [-0.4, -0.2) is 12.6 Å². The summed E-state index contributed by atoms with van der Waals surface area (Å²) in [5.74, 6) is 1.08. The molecule has 0 unspecified atom stereocenters. The highest BCUT2D eigenvalue weighted by Gasteiger charge is 2.24. The minimum atomic E-state index is -0.0676. The number of benzene rings is 1. The van der Waals surface area contributed by atoms with Crippen LogP contribution in [0.4, 0.5) is 0 Å². The summed E-state index contributed by atoms with van der Waals surface area (Å²) >= 11 is 0. The molecule has 3 nitrogen and oxygen atoms in total. The predicted octanol–water partition coefficient (Wildman–Crippen LogP) is 2.98. The number of carbonyl (C=O) groups excluding carboxylic acids is 1. The second kappa shape index (κ2) is 4.98. The van der Waals surface area contributed by atoms with Gasteiger partial charge >= 0.3 is 0 Å². The van der Waals surface area contributed by atoms with Crippen molar-refractivity contribution < 1.29 is 14.3 Å². The molecule has 2 aliphatic rings. The summed E-state index contributed by atoms with van der Waals surface area (Å²) in [6.07, 6.45) is 8.75. The monoisotopic (exact) mass is 252 g/mol. The molecule has 0 saturated carbocycles. The van der Waals surface area contributed by atoms with Crippen molar-refractivity contribution >= 4 is 11.9 Å². The standard InChI is InChI=1S/C16H12O3/c17-14-10-16-15(18-11-19-16)9-13(14)8-4-7-12-5-2-1-3-6-12/h1-10H,11H2/b7-4?,13-8-. The first-order chi connectivity index (χ1) is 9.33. The molecule has 0 amide bonds. The number of hydrogen-bond donors (Lipinski definition) is 0. The quantitative estimate of drug-likeness (QED) is 0.759. The molecule has 1 aliphatic carbocycles. The van der Waals surface area contributed by atoms with Gasteiger partial charge in [-0.1, -0.05) is 48.6 Å². The van der Waals surface area contributed by atoms with Crippen molar-refractivity contribution in [2.75, 3.05) is 6.79 Å². The molecular weight excluding hydrogens is 240 g/mol. The third kappa shape index (κ3) is 2.50. The van der Waals surface area contributed by atoms with Crippen molar-refractivity contribution in [3.05, 3.63) is 77.3 Å². The van der Waals surface area contributed by atoms with E-state index in [0.29, 0.717) is 17.1 Å². The topological polar surface area (TPSA) is 35.5 Å². The van der Waals surface area contributed by atoms with Gasteiger partial charge in [0, 0.05) is 11.6 Å². The van der Waals surface area contributed by atoms with Gasteiger partial charge < -0.3 is 9.47 Å². The molecule has 0 spiro atoms. The van der Waals surface area contributed by atoms with E-state index in [0.717, 1.165) is 5.56 Å². The molecule has 0 bridgehead atoms. The molecule has 0 N–H and O–H groups in total. The van der Waals surface area contributed by atoms with Crippen molar-refractivity contribution in [2.24, 2.45) is 0 Å². The Bertz CT molecular complexity index is 619. The van der Waals surface area contributed by atoms with Gasteiger partial charge in [-0.25, -0.2) is 0 Å². The number of hydrogen-bond acceptors (Lipinski definition) is 3. The Balaban J connectivity index is 1.80. The summed E-state index contributed by atoms with van der Waals surface area (Å²) in [6, 6.07) is 9.91. The predicted molar refractivity (Wildman–Crippen MR) is 71.8 cm³/mol. The number of fused-ring (bicyclic) bond motifs is 1. The number of allylic oxidation sites excluding steroid dienone is 5. The normalized spacial score (nSPS) is 19.8. The molecule has 1 aromatic carbocycles. The molecule has 1 fully saturated rings. The van der Waals surface area contributed by atoms with E-state index in [-0.39, 0.29) is 12.6 Å². The maximum absolute atomic E-state index is 11.8. The lowest BCUT2D eigenvalue weighted by Gasteiger charge is -2.05. The second-order valence-electron chi connectivity index (χ2n) is 4.18. The molecule has 3 rings (SSSR count). The fourth-order valence-electron chi connectivity index (χ4n) is 1.90. The van der Waals surface area contributed by atoms with Crippen LogP contribution < -0.4 is 0 Å². The third-order valence-electron chi connectivity index (χ3n) is 2.87. The minimum Gasteiger partial charge on any atom is -0.454 e. The molecule has 19 heavy (non-hydrogen) atoms. The van der Waals surface area contributed by atoms with Gasteiger partial charge in [-0.05, 0) is 11.6 Å². The average Bonchev–Trinajstić information content (AvgIpc) is 2.87. The fourth-order valence-corrected chi connectivity index (χ4v) is 1.90. The Kier molecular flexibility index (Phi) is 3.02. The summed E-state index contributed by atoms with van der Waals surface area (Å²) < 4.78 is 10.4. The Morgan fingerprint density at radius 3 is 2.53 bits per heavy atom. The molecule has 3 heteroatoms. The van der Waals surface area contributed by atoms with Crippen LogP contribution in [0.15, 0.2) is 71.7 Å². The van der Waals surface area contributed by atoms with Crippen molar-refractivity contribution in [1.29, 1.82) is 0 Å². The van der Waals surface area contributed by atoms with E-state index in [2.05, 4.69) is 0 Å². The van der Waals surface area contributed by atoms with E-state index < -0.39 is 0 Å². The fraction of sp³-hybridized carbons (Fsp3) is 0.0625. The minimum absolute atomic E-state index is 0.0676. The lowest BCUT2D eigenvalue weighted by atomic mass is 10.0. The largest absolute Gasteiger partial charge is 0.454 e. The SMILES string of the molecule is O=C1C=C2OCOC2=C/C1=C/C=Cc1ccccc1. The van der Waals surface area contributed by atoms with Crippen LogP contribution in [0.2, 0.25) is 0 Å². The lowest BCUT2D eigenvalue weighted by Crippen LogP contribution is -2.04. The van der Waals surface area contributed by atoms with Gasteiger partial charge in [0.05, 0.1) is 0 Å². The van der Waals surface area contributed by atoms with E-state index in [1.807, 2.05) is 42.5 Å². The van der Waals surface area contributed by atoms with Crippen LogP contribution in [0.25, 0.3) is 6.08 Å². The molecule has 1 saturated heterocycles. The molecule has 0 radical (unpaired) electrons.